The second kappa shape index (κ2) is 9.06. The van der Waals surface area contributed by atoms with Crippen molar-refractivity contribution < 1.29 is 48.6 Å². The van der Waals surface area contributed by atoms with Crippen molar-refractivity contribution in [1.82, 2.24) is 0 Å². The van der Waals surface area contributed by atoms with Crippen molar-refractivity contribution in [2.45, 2.75) is 6.04 Å². The predicted octanol–water partition coefficient (Wildman–Crippen LogP) is -1.38. The van der Waals surface area contributed by atoms with E-state index in [1.165, 1.54) is 0 Å². The molecule has 3 N–H and O–H groups in total. The summed E-state index contributed by atoms with van der Waals surface area (Å²) in [4.78, 5) is 58.5. The Morgan fingerprint density at radius 3 is 2.24 bits per heavy atom. The summed E-state index contributed by atoms with van der Waals surface area (Å²) in [5.41, 5.74) is 5.09. The van der Waals surface area contributed by atoms with Gasteiger partial charge < -0.3 is 15.6 Å². The van der Waals surface area contributed by atoms with Gasteiger partial charge in [-0.2, -0.15) is 4.79 Å². The highest BCUT2D eigenvalue weighted by Crippen LogP contribution is 2.01. The van der Waals surface area contributed by atoms with Gasteiger partial charge in [0.2, 0.25) is 5.76 Å². The van der Waals surface area contributed by atoms with Gasteiger partial charge in [0.1, 0.15) is 6.04 Å². The van der Waals surface area contributed by atoms with E-state index in [0.717, 1.165) is 0 Å². The summed E-state index contributed by atoms with van der Waals surface area (Å²) in [6.45, 7) is 5.27. The molecule has 1 unspecified atom stereocenters. The number of nitrogens with two attached hydrogens (primary N) is 1. The van der Waals surface area contributed by atoms with Gasteiger partial charge in [-0.25, -0.2) is 33.9 Å². The Hall–Kier alpha value is -2.92. The van der Waals surface area contributed by atoms with Crippen molar-refractivity contribution in [3.63, 3.8) is 0 Å². The Balaban J connectivity index is 4.11. The largest absolute Gasteiger partial charge is 0.592 e. The molecule has 0 aliphatic heterocycles. The lowest BCUT2D eigenvalue weighted by atomic mass is 10.3. The molecule has 0 heterocycles. The zero-order valence-electron chi connectivity index (χ0n) is 10.5. The molecule has 11 heteroatoms. The highest BCUT2D eigenvalue weighted by Gasteiger charge is 2.22. The molecule has 1 atom stereocenters. The van der Waals surface area contributed by atoms with Gasteiger partial charge in [0, 0.05) is 6.08 Å². The molecule has 0 aromatic heterocycles. The van der Waals surface area contributed by atoms with Crippen LogP contribution in [0.15, 0.2) is 25.0 Å². The van der Waals surface area contributed by atoms with Crippen LogP contribution in [0.3, 0.4) is 0 Å². The molecule has 0 fully saturated rings. The first kappa shape index (κ1) is 18.1. The van der Waals surface area contributed by atoms with Crippen LogP contribution in [0.1, 0.15) is 0 Å². The molecule has 0 aliphatic carbocycles. The third-order valence-electron chi connectivity index (χ3n) is 1.49. The summed E-state index contributed by atoms with van der Waals surface area (Å²) in [5, 5.41) is 8.55. The van der Waals surface area contributed by atoms with Crippen molar-refractivity contribution in [1.29, 1.82) is 0 Å². The quantitative estimate of drug-likeness (QED) is 0.202. The summed E-state index contributed by atoms with van der Waals surface area (Å²) >= 11 is 0. The fourth-order valence-electron chi connectivity index (χ4n) is 0.555. The fourth-order valence-corrected chi connectivity index (χ4v) is 0.555. The number of aliphatic hydroxyl groups excluding tert-OH is 1. The average Bonchev–Trinajstić information content (AvgIpc) is 2.48. The maximum atomic E-state index is 11.1. The molecule has 0 saturated heterocycles. The topological polar surface area (TPSA) is 161 Å². The van der Waals surface area contributed by atoms with Crippen LogP contribution in [0.5, 0.6) is 0 Å². The summed E-state index contributed by atoms with van der Waals surface area (Å²) in [6, 6.07) is -1.39. The van der Waals surface area contributed by atoms with Gasteiger partial charge in [-0.15, -0.1) is 0 Å². The third kappa shape index (κ3) is 7.29. The lowest BCUT2D eigenvalue weighted by Crippen LogP contribution is -2.36. The van der Waals surface area contributed by atoms with E-state index >= 15 is 0 Å². The lowest BCUT2D eigenvalue weighted by molar-refractivity contribution is -0.290. The van der Waals surface area contributed by atoms with E-state index in [9.17, 15) is 19.2 Å². The number of hydrogen-bond donors (Lipinski definition) is 2. The molecule has 0 saturated carbocycles. The normalized spacial score (nSPS) is 10.6. The maximum Gasteiger partial charge on any atom is 0.592 e. The van der Waals surface area contributed by atoms with Crippen LogP contribution < -0.4 is 5.73 Å². The molecule has 0 bridgehead atoms. The monoisotopic (exact) mass is 305 g/mol. The van der Waals surface area contributed by atoms with Crippen LogP contribution >= 0.6 is 0 Å². The minimum Gasteiger partial charge on any atom is -0.418 e. The van der Waals surface area contributed by atoms with E-state index in [0.29, 0.717) is 6.08 Å². The van der Waals surface area contributed by atoms with Gasteiger partial charge in [-0.1, -0.05) is 6.58 Å². The minimum absolute atomic E-state index is 0.686. The minimum atomic E-state index is -1.70. The van der Waals surface area contributed by atoms with E-state index in [1.54, 1.807) is 0 Å². The summed E-state index contributed by atoms with van der Waals surface area (Å²) in [6.07, 6.45) is -1.02. The molecular formula is C10H11NO10. The average molecular weight is 305 g/mol. The number of esters is 1. The predicted molar refractivity (Wildman–Crippen MR) is 60.2 cm³/mol. The van der Waals surface area contributed by atoms with Gasteiger partial charge in [0.05, 0.1) is 6.61 Å². The Bertz CT molecular complexity index is 457. The second-order valence-electron chi connectivity index (χ2n) is 3.03. The number of carbonyl (C=O) groups excluding carboxylic acids is 4. The molecule has 0 radical (unpaired) electrons. The van der Waals surface area contributed by atoms with Crippen LogP contribution in [0.25, 0.3) is 0 Å². The first-order chi connectivity index (χ1) is 9.81. The number of carbonyl (C=O) groups is 4. The van der Waals surface area contributed by atoms with E-state index in [4.69, 9.17) is 10.8 Å². The highest BCUT2D eigenvalue weighted by molar-refractivity contribution is 5.90. The van der Waals surface area contributed by atoms with E-state index < -0.39 is 42.5 Å². The maximum absolute atomic E-state index is 11.1. The van der Waals surface area contributed by atoms with Gasteiger partial charge in [-0.05, 0) is 6.58 Å². The molecule has 0 aromatic rings. The van der Waals surface area contributed by atoms with Crippen molar-refractivity contribution in [2.24, 2.45) is 5.73 Å². The zero-order chi connectivity index (χ0) is 16.4. The SMILES string of the molecule is C=CC(=O)OOC(=O)OOC(=O)C(=C)OC(=O)C(N)CO. The van der Waals surface area contributed by atoms with Crippen molar-refractivity contribution in [3.8, 4) is 0 Å². The summed E-state index contributed by atoms with van der Waals surface area (Å²) < 4.78 is 4.29. The smallest absolute Gasteiger partial charge is 0.418 e. The zero-order valence-corrected chi connectivity index (χ0v) is 10.5. The first-order valence-electron chi connectivity index (χ1n) is 5.02. The lowest BCUT2D eigenvalue weighted by Gasteiger charge is -2.08. The Kier molecular flexibility index (Phi) is 7.80. The van der Waals surface area contributed by atoms with Gasteiger partial charge in [-0.3, -0.25) is 0 Å². The van der Waals surface area contributed by atoms with Crippen molar-refractivity contribution >= 4 is 24.1 Å². The van der Waals surface area contributed by atoms with Crippen LogP contribution in [0, 0.1) is 0 Å². The fraction of sp³-hybridized carbons (Fsp3) is 0.200. The van der Waals surface area contributed by atoms with E-state index in [-0.39, 0.29) is 0 Å². The molecule has 0 rings (SSSR count). The Morgan fingerprint density at radius 1 is 1.14 bits per heavy atom. The Labute approximate surface area is 117 Å². The highest BCUT2D eigenvalue weighted by atomic mass is 17.3. The van der Waals surface area contributed by atoms with E-state index in [1.807, 2.05) is 0 Å². The number of rotatable bonds is 5. The van der Waals surface area contributed by atoms with Crippen LogP contribution in [0.4, 0.5) is 4.79 Å². The molecule has 0 aliphatic rings. The first-order valence-corrected chi connectivity index (χ1v) is 5.02. The number of ether oxygens (including phenoxy) is 1. The Morgan fingerprint density at radius 2 is 1.71 bits per heavy atom. The molecule has 21 heavy (non-hydrogen) atoms. The molecule has 0 spiro atoms. The van der Waals surface area contributed by atoms with Crippen LogP contribution in [0.2, 0.25) is 0 Å². The van der Waals surface area contributed by atoms with Gasteiger partial charge in [0.15, 0.2) is 0 Å². The van der Waals surface area contributed by atoms with Gasteiger partial charge in [0.25, 0.3) is 0 Å². The molecule has 116 valence electrons. The third-order valence-corrected chi connectivity index (χ3v) is 1.49. The number of hydrogen-bond acceptors (Lipinski definition) is 11. The molecule has 11 nitrogen and oxygen atoms in total. The van der Waals surface area contributed by atoms with Gasteiger partial charge >= 0.3 is 24.1 Å². The molecular weight excluding hydrogens is 294 g/mol. The number of aliphatic hydroxyl groups is 1. The standard InChI is InChI=1S/C10H11NO10/c1-3-7(13)18-20-10(16)21-19-8(14)5(2)17-9(15)6(11)4-12/h3,6,12H,1-2,4,11H2. The van der Waals surface area contributed by atoms with Crippen molar-refractivity contribution in [2.75, 3.05) is 6.61 Å². The van der Waals surface area contributed by atoms with Crippen LogP contribution in [-0.4, -0.2) is 41.8 Å². The van der Waals surface area contributed by atoms with Crippen LogP contribution in [-0.2, 0) is 38.7 Å². The van der Waals surface area contributed by atoms with E-state index in [2.05, 4.69) is 37.4 Å². The second-order valence-corrected chi connectivity index (χ2v) is 3.03. The molecule has 0 aromatic carbocycles. The molecule has 0 amide bonds. The summed E-state index contributed by atoms with van der Waals surface area (Å²) in [7, 11) is 0. The van der Waals surface area contributed by atoms with Crippen molar-refractivity contribution in [3.05, 3.63) is 25.0 Å². The summed E-state index contributed by atoms with van der Waals surface area (Å²) in [5.74, 6) is -4.61.